The highest BCUT2D eigenvalue weighted by Crippen LogP contribution is 2.48. The Morgan fingerprint density at radius 1 is 0.720 bits per heavy atom. The standard InChI is InChI=1S/C21H24O4/c1-15(22)24-19(17-11-7-5-8-12-17)21(3,4)20(25-16(2)23)18-13-9-6-10-14-18/h5-14,19-20H,1-4H3. The lowest BCUT2D eigenvalue weighted by atomic mass is 9.75. The van der Waals surface area contributed by atoms with Gasteiger partial charge in [-0.1, -0.05) is 74.5 Å². The topological polar surface area (TPSA) is 52.6 Å². The number of hydrogen-bond donors (Lipinski definition) is 0. The minimum atomic E-state index is -0.681. The number of benzene rings is 2. The summed E-state index contributed by atoms with van der Waals surface area (Å²) in [5.41, 5.74) is 1.03. The molecule has 0 aliphatic carbocycles. The van der Waals surface area contributed by atoms with Crippen LogP contribution in [0, 0.1) is 5.41 Å². The van der Waals surface area contributed by atoms with Gasteiger partial charge in [0.15, 0.2) is 0 Å². The zero-order valence-electron chi connectivity index (χ0n) is 15.1. The minimum Gasteiger partial charge on any atom is -0.457 e. The maximum absolute atomic E-state index is 11.7. The van der Waals surface area contributed by atoms with E-state index in [0.717, 1.165) is 11.1 Å². The first-order valence-electron chi connectivity index (χ1n) is 8.26. The summed E-state index contributed by atoms with van der Waals surface area (Å²) in [4.78, 5) is 23.5. The molecular weight excluding hydrogens is 316 g/mol. The van der Waals surface area contributed by atoms with Crippen molar-refractivity contribution >= 4 is 11.9 Å². The average molecular weight is 340 g/mol. The summed E-state index contributed by atoms with van der Waals surface area (Å²) in [6, 6.07) is 19.0. The van der Waals surface area contributed by atoms with E-state index < -0.39 is 17.6 Å². The molecule has 0 aliphatic heterocycles. The van der Waals surface area contributed by atoms with Gasteiger partial charge in [0.05, 0.1) is 0 Å². The van der Waals surface area contributed by atoms with E-state index in [2.05, 4.69) is 0 Å². The second-order valence-corrected chi connectivity index (χ2v) is 6.62. The summed E-state index contributed by atoms with van der Waals surface area (Å²) in [5, 5.41) is 0. The first kappa shape index (κ1) is 18.7. The fourth-order valence-electron chi connectivity index (χ4n) is 3.02. The molecule has 0 bridgehead atoms. The van der Waals surface area contributed by atoms with Crippen LogP contribution in [0.5, 0.6) is 0 Å². The van der Waals surface area contributed by atoms with Crippen LogP contribution in [0.1, 0.15) is 51.0 Å². The second kappa shape index (κ2) is 7.97. The maximum Gasteiger partial charge on any atom is 0.303 e. The van der Waals surface area contributed by atoms with Gasteiger partial charge in [-0.25, -0.2) is 0 Å². The summed E-state index contributed by atoms with van der Waals surface area (Å²) in [6.45, 7) is 6.65. The first-order chi connectivity index (χ1) is 11.8. The van der Waals surface area contributed by atoms with Gasteiger partial charge in [0.2, 0.25) is 0 Å². The molecule has 0 saturated heterocycles. The van der Waals surface area contributed by atoms with E-state index in [0.29, 0.717) is 0 Å². The molecule has 4 heteroatoms. The smallest absolute Gasteiger partial charge is 0.303 e. The minimum absolute atomic E-state index is 0.378. The number of carbonyl (C=O) groups is 2. The lowest BCUT2D eigenvalue weighted by molar-refractivity contribution is -0.170. The van der Waals surface area contributed by atoms with Crippen molar-refractivity contribution in [3.8, 4) is 0 Å². The first-order valence-corrected chi connectivity index (χ1v) is 8.26. The van der Waals surface area contributed by atoms with E-state index >= 15 is 0 Å². The van der Waals surface area contributed by atoms with Gasteiger partial charge in [0, 0.05) is 19.3 Å². The molecule has 4 nitrogen and oxygen atoms in total. The highest BCUT2D eigenvalue weighted by molar-refractivity contribution is 5.67. The molecule has 0 fully saturated rings. The van der Waals surface area contributed by atoms with Crippen LogP contribution in [0.25, 0.3) is 0 Å². The summed E-state index contributed by atoms with van der Waals surface area (Å²) in [7, 11) is 0. The number of rotatable bonds is 6. The van der Waals surface area contributed by atoms with E-state index in [9.17, 15) is 9.59 Å². The number of hydrogen-bond acceptors (Lipinski definition) is 4. The normalized spacial score (nSPS) is 13.6. The largest absolute Gasteiger partial charge is 0.457 e. The molecule has 2 aromatic carbocycles. The molecule has 2 aromatic rings. The molecule has 132 valence electrons. The summed E-state index contributed by atoms with van der Waals surface area (Å²) < 4.78 is 11.3. The Hall–Kier alpha value is -2.62. The van der Waals surface area contributed by atoms with Crippen molar-refractivity contribution in [2.24, 2.45) is 5.41 Å². The van der Waals surface area contributed by atoms with Gasteiger partial charge >= 0.3 is 11.9 Å². The third-order valence-corrected chi connectivity index (χ3v) is 4.12. The Kier molecular flexibility index (Phi) is 5.97. The van der Waals surface area contributed by atoms with Gasteiger partial charge in [-0.15, -0.1) is 0 Å². The average Bonchev–Trinajstić information content (AvgIpc) is 2.58. The monoisotopic (exact) mass is 340 g/mol. The molecule has 0 spiro atoms. The van der Waals surface area contributed by atoms with Crippen LogP contribution in [-0.4, -0.2) is 11.9 Å². The molecule has 0 radical (unpaired) electrons. The molecule has 0 aromatic heterocycles. The molecule has 2 unspecified atom stereocenters. The van der Waals surface area contributed by atoms with E-state index in [1.807, 2.05) is 74.5 Å². The van der Waals surface area contributed by atoms with Crippen molar-refractivity contribution in [2.45, 2.75) is 39.9 Å². The van der Waals surface area contributed by atoms with Crippen LogP contribution in [0.4, 0.5) is 0 Å². The number of ether oxygens (including phenoxy) is 2. The molecule has 0 aliphatic rings. The quantitative estimate of drug-likeness (QED) is 0.720. The van der Waals surface area contributed by atoms with Crippen molar-refractivity contribution in [3.05, 3.63) is 71.8 Å². The number of esters is 2. The Bertz CT molecular complexity index is 646. The van der Waals surface area contributed by atoms with Crippen LogP contribution in [0.2, 0.25) is 0 Å². The SMILES string of the molecule is CC(=O)OC(c1ccccc1)C(C)(C)C(OC(C)=O)c1ccccc1. The molecule has 0 saturated carbocycles. The van der Waals surface area contributed by atoms with Crippen molar-refractivity contribution in [1.29, 1.82) is 0 Å². The third kappa shape index (κ3) is 4.69. The van der Waals surface area contributed by atoms with Gasteiger partial charge in [0.1, 0.15) is 12.2 Å². The van der Waals surface area contributed by atoms with Gasteiger partial charge in [0.25, 0.3) is 0 Å². The van der Waals surface area contributed by atoms with Crippen LogP contribution in [-0.2, 0) is 19.1 Å². The Balaban J connectivity index is 2.50. The highest BCUT2D eigenvalue weighted by atomic mass is 16.6. The zero-order valence-corrected chi connectivity index (χ0v) is 15.1. The van der Waals surface area contributed by atoms with Gasteiger partial charge in [-0.2, -0.15) is 0 Å². The predicted molar refractivity (Wildman–Crippen MR) is 95.7 cm³/mol. The van der Waals surface area contributed by atoms with E-state index in [4.69, 9.17) is 9.47 Å². The van der Waals surface area contributed by atoms with Crippen LogP contribution < -0.4 is 0 Å². The number of carbonyl (C=O) groups excluding carboxylic acids is 2. The maximum atomic E-state index is 11.7. The molecular formula is C21H24O4. The van der Waals surface area contributed by atoms with Crippen LogP contribution in [0.3, 0.4) is 0 Å². The van der Waals surface area contributed by atoms with Gasteiger partial charge < -0.3 is 9.47 Å². The Morgan fingerprint density at radius 3 is 1.32 bits per heavy atom. The van der Waals surface area contributed by atoms with Crippen molar-refractivity contribution < 1.29 is 19.1 Å². The molecule has 25 heavy (non-hydrogen) atoms. The Morgan fingerprint density at radius 2 is 1.04 bits per heavy atom. The van der Waals surface area contributed by atoms with Crippen LogP contribution in [0.15, 0.2) is 60.7 Å². The fraction of sp³-hybridized carbons (Fsp3) is 0.333. The zero-order chi connectivity index (χ0) is 18.4. The Labute approximate surface area is 148 Å². The molecule has 0 N–H and O–H groups in total. The van der Waals surface area contributed by atoms with E-state index in [-0.39, 0.29) is 11.9 Å². The van der Waals surface area contributed by atoms with Crippen molar-refractivity contribution in [3.63, 3.8) is 0 Å². The molecule has 2 atom stereocenters. The molecule has 2 rings (SSSR count). The van der Waals surface area contributed by atoms with Crippen LogP contribution >= 0.6 is 0 Å². The molecule has 0 amide bonds. The summed E-state index contributed by atoms with van der Waals surface area (Å²) in [6.07, 6.45) is -1.12. The fourth-order valence-corrected chi connectivity index (χ4v) is 3.02. The lowest BCUT2D eigenvalue weighted by Crippen LogP contribution is -2.34. The predicted octanol–water partition coefficient (Wildman–Crippen LogP) is 4.62. The summed E-state index contributed by atoms with van der Waals surface area (Å²) in [5.74, 6) is -0.756. The van der Waals surface area contributed by atoms with Gasteiger partial charge in [-0.3, -0.25) is 9.59 Å². The van der Waals surface area contributed by atoms with Gasteiger partial charge in [-0.05, 0) is 11.1 Å². The summed E-state index contributed by atoms with van der Waals surface area (Å²) >= 11 is 0. The molecule has 0 heterocycles. The van der Waals surface area contributed by atoms with Crippen molar-refractivity contribution in [2.75, 3.05) is 0 Å². The lowest BCUT2D eigenvalue weighted by Gasteiger charge is -2.39. The van der Waals surface area contributed by atoms with Crippen molar-refractivity contribution in [1.82, 2.24) is 0 Å². The van der Waals surface area contributed by atoms with E-state index in [1.165, 1.54) is 13.8 Å². The third-order valence-electron chi connectivity index (χ3n) is 4.12. The van der Waals surface area contributed by atoms with E-state index in [1.54, 1.807) is 0 Å². The second-order valence-electron chi connectivity index (χ2n) is 6.62. The highest BCUT2D eigenvalue weighted by Gasteiger charge is 2.43.